The van der Waals surface area contributed by atoms with Crippen LogP contribution in [0.5, 0.6) is 0 Å². The van der Waals surface area contributed by atoms with Gasteiger partial charge in [-0.05, 0) is 5.56 Å². The second-order valence-corrected chi connectivity index (χ2v) is 7.08. The Hall–Kier alpha value is -2.74. The lowest BCUT2D eigenvalue weighted by molar-refractivity contribution is -0.129. The molecule has 0 spiro atoms. The van der Waals surface area contributed by atoms with Gasteiger partial charge in [-0.25, -0.2) is 9.78 Å². The number of nitrogens with one attached hydrogen (secondary N) is 1. The van der Waals surface area contributed by atoms with Crippen LogP contribution in [-0.2, 0) is 22.6 Å². The maximum absolute atomic E-state index is 12.3. The number of amides is 2. The number of carbonyl (C=O) groups excluding carboxylic acids is 2. The average Bonchev–Trinajstić information content (AvgIpc) is 3.23. The van der Waals surface area contributed by atoms with Crippen molar-refractivity contribution in [3.8, 4) is 0 Å². The van der Waals surface area contributed by atoms with Crippen LogP contribution >= 0.6 is 11.3 Å². The summed E-state index contributed by atoms with van der Waals surface area (Å²) in [6, 6.07) is 9.69. The van der Waals surface area contributed by atoms with Gasteiger partial charge in [0.1, 0.15) is 0 Å². The molecule has 2 amide bonds. The summed E-state index contributed by atoms with van der Waals surface area (Å²) in [6.45, 7) is 1.30. The van der Waals surface area contributed by atoms with Crippen LogP contribution in [0.2, 0.25) is 0 Å². The number of rotatable bonds is 7. The van der Waals surface area contributed by atoms with E-state index in [2.05, 4.69) is 10.3 Å². The minimum Gasteiger partial charge on any atom is -0.476 e. The summed E-state index contributed by atoms with van der Waals surface area (Å²) in [4.78, 5) is 40.9. The standard InChI is InChI=1S/C18H19N3O4S/c22-16-8-13(10-21(16)9-12-4-2-1-3-5-12)17(23)19-7-6-15-20-14(11-26-15)18(24)25/h1-5,11,13H,6-10H2,(H,19,23)(H,24,25). The lowest BCUT2D eigenvalue weighted by Gasteiger charge is -2.16. The summed E-state index contributed by atoms with van der Waals surface area (Å²) in [7, 11) is 0. The third-order valence-electron chi connectivity index (χ3n) is 4.21. The molecule has 1 atom stereocenters. The van der Waals surface area contributed by atoms with Gasteiger partial charge in [-0.15, -0.1) is 11.3 Å². The van der Waals surface area contributed by atoms with Gasteiger partial charge in [0.05, 0.1) is 10.9 Å². The number of benzene rings is 1. The summed E-state index contributed by atoms with van der Waals surface area (Å²) < 4.78 is 0. The molecule has 3 rings (SSSR count). The van der Waals surface area contributed by atoms with E-state index in [0.29, 0.717) is 31.1 Å². The first kappa shape index (κ1) is 18.1. The van der Waals surface area contributed by atoms with Crippen molar-refractivity contribution in [1.82, 2.24) is 15.2 Å². The highest BCUT2D eigenvalue weighted by Crippen LogP contribution is 2.20. The van der Waals surface area contributed by atoms with Crippen LogP contribution in [0.25, 0.3) is 0 Å². The molecule has 2 aromatic rings. The van der Waals surface area contributed by atoms with Gasteiger partial charge in [-0.1, -0.05) is 30.3 Å². The van der Waals surface area contributed by atoms with Crippen LogP contribution in [0.15, 0.2) is 35.7 Å². The molecule has 1 aliphatic heterocycles. The van der Waals surface area contributed by atoms with Crippen molar-refractivity contribution in [2.75, 3.05) is 13.1 Å². The minimum absolute atomic E-state index is 0.0139. The van der Waals surface area contributed by atoms with Crippen LogP contribution in [0, 0.1) is 5.92 Å². The molecule has 8 heteroatoms. The number of hydrogen-bond donors (Lipinski definition) is 2. The highest BCUT2D eigenvalue weighted by molar-refractivity contribution is 7.09. The zero-order valence-electron chi connectivity index (χ0n) is 14.1. The number of carboxylic acids is 1. The second kappa shape index (κ2) is 8.09. The molecule has 1 unspecified atom stereocenters. The number of thiazole rings is 1. The first-order chi connectivity index (χ1) is 12.5. The third-order valence-corrected chi connectivity index (χ3v) is 5.12. The van der Waals surface area contributed by atoms with Gasteiger partial charge >= 0.3 is 5.97 Å². The molecule has 0 aliphatic carbocycles. The summed E-state index contributed by atoms with van der Waals surface area (Å²) in [6.07, 6.45) is 0.692. The van der Waals surface area contributed by atoms with E-state index in [9.17, 15) is 14.4 Å². The minimum atomic E-state index is -1.06. The molecule has 1 aliphatic rings. The van der Waals surface area contributed by atoms with E-state index in [1.165, 1.54) is 16.7 Å². The Labute approximate surface area is 154 Å². The van der Waals surface area contributed by atoms with E-state index >= 15 is 0 Å². The number of carbonyl (C=O) groups is 3. The maximum atomic E-state index is 12.3. The van der Waals surface area contributed by atoms with E-state index in [1.807, 2.05) is 30.3 Å². The Morgan fingerprint density at radius 1 is 1.31 bits per heavy atom. The van der Waals surface area contributed by atoms with Crippen molar-refractivity contribution in [2.45, 2.75) is 19.4 Å². The molecular formula is C18H19N3O4S. The van der Waals surface area contributed by atoms with Gasteiger partial charge in [0, 0.05) is 37.9 Å². The molecule has 2 heterocycles. The molecular weight excluding hydrogens is 354 g/mol. The molecule has 7 nitrogen and oxygen atoms in total. The van der Waals surface area contributed by atoms with Gasteiger partial charge in [0.15, 0.2) is 5.69 Å². The largest absolute Gasteiger partial charge is 0.476 e. The SMILES string of the molecule is O=C(O)c1csc(CCNC(=O)C2CC(=O)N(Cc3ccccc3)C2)n1. The molecule has 1 aromatic carbocycles. The van der Waals surface area contributed by atoms with Crippen LogP contribution < -0.4 is 5.32 Å². The number of nitrogens with zero attached hydrogens (tertiary/aromatic N) is 2. The van der Waals surface area contributed by atoms with Crippen LogP contribution in [0.4, 0.5) is 0 Å². The van der Waals surface area contributed by atoms with Gasteiger partial charge < -0.3 is 15.3 Å². The van der Waals surface area contributed by atoms with Gasteiger partial charge in [0.2, 0.25) is 11.8 Å². The maximum Gasteiger partial charge on any atom is 0.355 e. The zero-order chi connectivity index (χ0) is 18.5. The van der Waals surface area contributed by atoms with Crippen molar-refractivity contribution in [2.24, 2.45) is 5.92 Å². The van der Waals surface area contributed by atoms with E-state index in [4.69, 9.17) is 5.11 Å². The van der Waals surface area contributed by atoms with E-state index in [1.54, 1.807) is 4.90 Å². The number of hydrogen-bond acceptors (Lipinski definition) is 5. The number of carboxylic acid groups (broad SMARTS) is 1. The molecule has 136 valence electrons. The molecule has 26 heavy (non-hydrogen) atoms. The van der Waals surface area contributed by atoms with Crippen LogP contribution in [-0.4, -0.2) is 45.9 Å². The van der Waals surface area contributed by atoms with Crippen molar-refractivity contribution in [1.29, 1.82) is 0 Å². The van der Waals surface area contributed by atoms with E-state index in [-0.39, 0.29) is 29.8 Å². The fourth-order valence-corrected chi connectivity index (χ4v) is 3.64. The van der Waals surface area contributed by atoms with Crippen molar-refractivity contribution < 1.29 is 19.5 Å². The predicted octanol–water partition coefficient (Wildman–Crippen LogP) is 1.55. The first-order valence-electron chi connectivity index (χ1n) is 8.30. The Balaban J connectivity index is 1.46. The van der Waals surface area contributed by atoms with Crippen LogP contribution in [0.3, 0.4) is 0 Å². The monoisotopic (exact) mass is 373 g/mol. The van der Waals surface area contributed by atoms with Crippen molar-refractivity contribution in [3.63, 3.8) is 0 Å². The van der Waals surface area contributed by atoms with Gasteiger partial charge in [0.25, 0.3) is 0 Å². The topological polar surface area (TPSA) is 99.6 Å². The lowest BCUT2D eigenvalue weighted by Crippen LogP contribution is -2.34. The summed E-state index contributed by atoms with van der Waals surface area (Å²) in [5.41, 5.74) is 1.06. The summed E-state index contributed by atoms with van der Waals surface area (Å²) in [5.74, 6) is -1.57. The average molecular weight is 373 g/mol. The highest BCUT2D eigenvalue weighted by Gasteiger charge is 2.34. The zero-order valence-corrected chi connectivity index (χ0v) is 14.9. The quantitative estimate of drug-likeness (QED) is 0.767. The lowest BCUT2D eigenvalue weighted by atomic mass is 10.1. The smallest absolute Gasteiger partial charge is 0.355 e. The predicted molar refractivity (Wildman–Crippen MR) is 95.8 cm³/mol. The van der Waals surface area contributed by atoms with E-state index < -0.39 is 5.97 Å². The molecule has 2 N–H and O–H groups in total. The fraction of sp³-hybridized carbons (Fsp3) is 0.333. The highest BCUT2D eigenvalue weighted by atomic mass is 32.1. The fourth-order valence-electron chi connectivity index (χ4n) is 2.87. The molecule has 1 saturated heterocycles. The molecule has 1 fully saturated rings. The molecule has 1 aromatic heterocycles. The summed E-state index contributed by atoms with van der Waals surface area (Å²) in [5, 5.41) is 13.8. The van der Waals surface area contributed by atoms with Crippen molar-refractivity contribution >= 4 is 29.1 Å². The number of likely N-dealkylation sites (tertiary alicyclic amines) is 1. The Morgan fingerprint density at radius 3 is 2.77 bits per heavy atom. The normalized spacial score (nSPS) is 16.7. The second-order valence-electron chi connectivity index (χ2n) is 6.13. The molecule has 0 bridgehead atoms. The Kier molecular flexibility index (Phi) is 5.62. The Morgan fingerprint density at radius 2 is 2.08 bits per heavy atom. The van der Waals surface area contributed by atoms with Crippen LogP contribution in [0.1, 0.15) is 27.5 Å². The first-order valence-corrected chi connectivity index (χ1v) is 9.18. The van der Waals surface area contributed by atoms with Gasteiger partial charge in [-0.2, -0.15) is 0 Å². The number of aromatic carboxylic acids is 1. The third kappa shape index (κ3) is 4.45. The van der Waals surface area contributed by atoms with Crippen molar-refractivity contribution in [3.05, 3.63) is 52.0 Å². The number of aromatic nitrogens is 1. The summed E-state index contributed by atoms with van der Waals surface area (Å²) >= 11 is 1.26. The van der Waals surface area contributed by atoms with Gasteiger partial charge in [-0.3, -0.25) is 9.59 Å². The molecule has 0 saturated carbocycles. The Bertz CT molecular complexity index is 806. The molecule has 0 radical (unpaired) electrons. The van der Waals surface area contributed by atoms with E-state index in [0.717, 1.165) is 5.56 Å².